The number of nitrogens with zero attached hydrogens (tertiary/aromatic N) is 2. The van der Waals surface area contributed by atoms with Crippen LogP contribution in [0.25, 0.3) is 0 Å². The van der Waals surface area contributed by atoms with Gasteiger partial charge in [0.05, 0.1) is 11.9 Å². The van der Waals surface area contributed by atoms with Crippen molar-refractivity contribution in [2.45, 2.75) is 13.5 Å². The van der Waals surface area contributed by atoms with Gasteiger partial charge in [-0.2, -0.15) is 0 Å². The lowest BCUT2D eigenvalue weighted by Gasteiger charge is -2.06. The normalized spacial score (nSPS) is 10.4. The Hall–Kier alpha value is -2.67. The largest absolute Gasteiger partial charge is 0.478 e. The summed E-state index contributed by atoms with van der Waals surface area (Å²) in [6.45, 7) is 2.73. The quantitative estimate of drug-likeness (QED) is 0.763. The Morgan fingerprint density at radius 2 is 2.19 bits per heavy atom. The summed E-state index contributed by atoms with van der Waals surface area (Å²) in [6, 6.07) is 4.72. The van der Waals surface area contributed by atoms with E-state index in [2.05, 4.69) is 10.3 Å². The van der Waals surface area contributed by atoms with Crippen LogP contribution < -0.4 is 11.1 Å². The predicted octanol–water partition coefficient (Wildman–Crippen LogP) is 1.10. The van der Waals surface area contributed by atoms with E-state index in [9.17, 15) is 9.59 Å². The highest BCUT2D eigenvalue weighted by molar-refractivity contribution is 6.03. The molecule has 0 saturated carbocycles. The first-order valence-electron chi connectivity index (χ1n) is 6.38. The molecule has 0 spiro atoms. The number of carbonyl (C=O) groups excluding carboxylic acids is 1. The molecule has 2 rings (SSSR count). The Morgan fingerprint density at radius 3 is 2.86 bits per heavy atom. The van der Waals surface area contributed by atoms with Gasteiger partial charge in [0.25, 0.3) is 5.91 Å². The van der Waals surface area contributed by atoms with E-state index in [1.165, 1.54) is 12.4 Å². The van der Waals surface area contributed by atoms with Crippen molar-refractivity contribution in [3.63, 3.8) is 0 Å². The van der Waals surface area contributed by atoms with E-state index < -0.39 is 11.9 Å². The fourth-order valence-corrected chi connectivity index (χ4v) is 1.87. The van der Waals surface area contributed by atoms with Crippen LogP contribution in [0.1, 0.15) is 26.4 Å². The van der Waals surface area contributed by atoms with Gasteiger partial charge >= 0.3 is 5.97 Å². The number of aryl methyl sites for hydroxylation is 1. The molecular formula is C14H16N4O3. The second kappa shape index (κ2) is 6.19. The third kappa shape index (κ3) is 3.46. The number of benzene rings is 1. The molecule has 0 aliphatic carbocycles. The number of carboxylic acid groups (broad SMARTS) is 1. The number of hydrogen-bond donors (Lipinski definition) is 3. The first-order valence-corrected chi connectivity index (χ1v) is 6.38. The van der Waals surface area contributed by atoms with Gasteiger partial charge in [0, 0.05) is 25.0 Å². The van der Waals surface area contributed by atoms with E-state index in [0.29, 0.717) is 24.3 Å². The Balaban J connectivity index is 2.15. The van der Waals surface area contributed by atoms with E-state index in [0.717, 1.165) is 0 Å². The first kappa shape index (κ1) is 14.7. The number of nitrogens with two attached hydrogens (primary N) is 1. The van der Waals surface area contributed by atoms with Gasteiger partial charge in [-0.3, -0.25) is 4.79 Å². The standard InChI is InChI=1S/C14H16N4O3/c1-9-2-3-10(6-11(9)14(20)21)17-13(19)12-7-18(5-4-15)8-16-12/h2-3,6-8H,4-5,15H2,1H3,(H,17,19)(H,20,21). The highest BCUT2D eigenvalue weighted by Gasteiger charge is 2.12. The van der Waals surface area contributed by atoms with Crippen molar-refractivity contribution in [2.24, 2.45) is 5.73 Å². The molecule has 0 saturated heterocycles. The van der Waals surface area contributed by atoms with Crippen molar-refractivity contribution < 1.29 is 14.7 Å². The summed E-state index contributed by atoms with van der Waals surface area (Å²) in [6.07, 6.45) is 3.12. The van der Waals surface area contributed by atoms with E-state index in [1.807, 2.05) is 0 Å². The van der Waals surface area contributed by atoms with Crippen LogP contribution in [-0.2, 0) is 6.54 Å². The highest BCUT2D eigenvalue weighted by Crippen LogP contribution is 2.16. The molecule has 4 N–H and O–H groups in total. The third-order valence-corrected chi connectivity index (χ3v) is 2.98. The van der Waals surface area contributed by atoms with E-state index in [4.69, 9.17) is 10.8 Å². The Bertz CT molecular complexity index is 679. The minimum atomic E-state index is -1.03. The summed E-state index contributed by atoms with van der Waals surface area (Å²) in [4.78, 5) is 27.1. The molecule has 0 atom stereocenters. The summed E-state index contributed by atoms with van der Waals surface area (Å²) in [7, 11) is 0. The molecule has 21 heavy (non-hydrogen) atoms. The third-order valence-electron chi connectivity index (χ3n) is 2.98. The number of imidazole rings is 1. The smallest absolute Gasteiger partial charge is 0.336 e. The van der Waals surface area contributed by atoms with Crippen molar-refractivity contribution in [2.75, 3.05) is 11.9 Å². The zero-order valence-corrected chi connectivity index (χ0v) is 11.5. The topological polar surface area (TPSA) is 110 Å². The Kier molecular flexibility index (Phi) is 4.34. The van der Waals surface area contributed by atoms with Gasteiger partial charge in [0.2, 0.25) is 0 Å². The molecule has 0 unspecified atom stereocenters. The van der Waals surface area contributed by atoms with Gasteiger partial charge in [0.15, 0.2) is 0 Å². The number of hydrogen-bond acceptors (Lipinski definition) is 4. The maximum Gasteiger partial charge on any atom is 0.336 e. The SMILES string of the molecule is Cc1ccc(NC(=O)c2cn(CCN)cn2)cc1C(=O)O. The Morgan fingerprint density at radius 1 is 1.43 bits per heavy atom. The number of carboxylic acids is 1. The molecule has 110 valence electrons. The van der Waals surface area contributed by atoms with Crippen LogP contribution in [0.3, 0.4) is 0 Å². The lowest BCUT2D eigenvalue weighted by Crippen LogP contribution is -2.13. The van der Waals surface area contributed by atoms with Crippen molar-refractivity contribution >= 4 is 17.6 Å². The van der Waals surface area contributed by atoms with Crippen molar-refractivity contribution in [3.05, 3.63) is 47.5 Å². The summed E-state index contributed by atoms with van der Waals surface area (Å²) in [5.74, 6) is -1.43. The molecule has 2 aromatic rings. The van der Waals surface area contributed by atoms with Crippen LogP contribution in [0, 0.1) is 6.92 Å². The fraction of sp³-hybridized carbons (Fsp3) is 0.214. The number of nitrogens with one attached hydrogen (secondary N) is 1. The van der Waals surface area contributed by atoms with Crippen LogP contribution in [0.2, 0.25) is 0 Å². The second-order valence-electron chi connectivity index (χ2n) is 4.57. The van der Waals surface area contributed by atoms with Crippen LogP contribution in [0.4, 0.5) is 5.69 Å². The van der Waals surface area contributed by atoms with Gasteiger partial charge in [-0.15, -0.1) is 0 Å². The monoisotopic (exact) mass is 288 g/mol. The van der Waals surface area contributed by atoms with Gasteiger partial charge < -0.3 is 20.7 Å². The molecule has 1 heterocycles. The predicted molar refractivity (Wildman–Crippen MR) is 77.4 cm³/mol. The second-order valence-corrected chi connectivity index (χ2v) is 4.57. The first-order chi connectivity index (χ1) is 10.0. The van der Waals surface area contributed by atoms with Crippen LogP contribution in [0.5, 0.6) is 0 Å². The molecule has 1 amide bonds. The fourth-order valence-electron chi connectivity index (χ4n) is 1.87. The summed E-state index contributed by atoms with van der Waals surface area (Å²) in [5.41, 5.74) is 6.87. The maximum atomic E-state index is 12.0. The van der Waals surface area contributed by atoms with Crippen LogP contribution >= 0.6 is 0 Å². The van der Waals surface area contributed by atoms with Crippen molar-refractivity contribution in [3.8, 4) is 0 Å². The molecule has 1 aromatic carbocycles. The van der Waals surface area contributed by atoms with Gasteiger partial charge in [0.1, 0.15) is 5.69 Å². The number of rotatable bonds is 5. The Labute approximate surface area is 121 Å². The number of amides is 1. The maximum absolute atomic E-state index is 12.0. The lowest BCUT2D eigenvalue weighted by molar-refractivity contribution is 0.0695. The summed E-state index contributed by atoms with van der Waals surface area (Å²) in [5, 5.41) is 11.7. The molecule has 0 aliphatic heterocycles. The average Bonchev–Trinajstić information content (AvgIpc) is 2.90. The van der Waals surface area contributed by atoms with E-state index in [-0.39, 0.29) is 11.3 Å². The highest BCUT2D eigenvalue weighted by atomic mass is 16.4. The minimum Gasteiger partial charge on any atom is -0.478 e. The molecule has 0 aliphatic rings. The average molecular weight is 288 g/mol. The molecule has 0 fully saturated rings. The van der Waals surface area contributed by atoms with Gasteiger partial charge in [-0.05, 0) is 24.6 Å². The lowest BCUT2D eigenvalue weighted by atomic mass is 10.1. The molecule has 1 aromatic heterocycles. The number of aromatic carboxylic acids is 1. The van der Waals surface area contributed by atoms with Gasteiger partial charge in [-0.1, -0.05) is 6.07 Å². The van der Waals surface area contributed by atoms with E-state index in [1.54, 1.807) is 29.8 Å². The number of carbonyl (C=O) groups is 2. The number of anilines is 1. The van der Waals surface area contributed by atoms with Gasteiger partial charge in [-0.25, -0.2) is 9.78 Å². The van der Waals surface area contributed by atoms with Crippen LogP contribution in [-0.4, -0.2) is 33.1 Å². The van der Waals surface area contributed by atoms with Crippen LogP contribution in [0.15, 0.2) is 30.7 Å². The molecular weight excluding hydrogens is 272 g/mol. The van der Waals surface area contributed by atoms with E-state index >= 15 is 0 Å². The molecule has 7 nitrogen and oxygen atoms in total. The zero-order valence-electron chi connectivity index (χ0n) is 11.5. The summed E-state index contributed by atoms with van der Waals surface area (Å²) < 4.78 is 1.72. The van der Waals surface area contributed by atoms with Crippen molar-refractivity contribution in [1.82, 2.24) is 9.55 Å². The van der Waals surface area contributed by atoms with Crippen molar-refractivity contribution in [1.29, 1.82) is 0 Å². The zero-order chi connectivity index (χ0) is 15.4. The molecule has 7 heteroatoms. The number of aromatic nitrogens is 2. The molecule has 0 bridgehead atoms. The molecule has 0 radical (unpaired) electrons. The minimum absolute atomic E-state index is 0.154. The summed E-state index contributed by atoms with van der Waals surface area (Å²) >= 11 is 0.